The first-order valence-corrected chi connectivity index (χ1v) is 11.4. The summed E-state index contributed by atoms with van der Waals surface area (Å²) in [5.74, 6) is 2.24. The van der Waals surface area contributed by atoms with Crippen LogP contribution in [0.3, 0.4) is 0 Å². The predicted octanol–water partition coefficient (Wildman–Crippen LogP) is 5.69. The Bertz CT molecular complexity index is 1270. The molecule has 0 aromatic heterocycles. The van der Waals surface area contributed by atoms with E-state index in [0.29, 0.717) is 24.3 Å². The van der Waals surface area contributed by atoms with Gasteiger partial charge in [-0.2, -0.15) is 0 Å². The van der Waals surface area contributed by atoms with Crippen LogP contribution in [0, 0.1) is 0 Å². The zero-order valence-corrected chi connectivity index (χ0v) is 19.6. The number of hydrogen-bond acceptors (Lipinski definition) is 6. The van der Waals surface area contributed by atoms with Gasteiger partial charge in [0.15, 0.2) is 17.3 Å². The number of benzene rings is 3. The molecule has 0 unspecified atom stereocenters. The van der Waals surface area contributed by atoms with E-state index in [1.54, 1.807) is 21.3 Å². The Balaban J connectivity index is 1.62. The van der Waals surface area contributed by atoms with Gasteiger partial charge in [-0.05, 0) is 47.9 Å². The highest BCUT2D eigenvalue weighted by molar-refractivity contribution is 6.01. The first-order chi connectivity index (χ1) is 16.6. The number of carbonyl (C=O) groups excluding carboxylic acids is 1. The van der Waals surface area contributed by atoms with Gasteiger partial charge in [0, 0.05) is 23.6 Å². The standard InChI is InChI=1S/C28H28N2O4/c1-32-24-11-7-4-8-19(24)18-14-22-27(23(31)15-18)28(30-21-10-6-5-9-20(21)29-22)17-12-13-25(33-2)26(16-17)34-3/h4-13,16,18,28-30H,14-15H2,1-3H3/t18-,28+/m1/s1. The van der Waals surface area contributed by atoms with E-state index in [1.807, 2.05) is 60.7 Å². The highest BCUT2D eigenvalue weighted by Gasteiger charge is 2.37. The fourth-order valence-corrected chi connectivity index (χ4v) is 5.00. The van der Waals surface area contributed by atoms with Gasteiger partial charge in [-0.15, -0.1) is 0 Å². The number of rotatable bonds is 5. The summed E-state index contributed by atoms with van der Waals surface area (Å²) in [4.78, 5) is 13.7. The molecule has 6 heteroatoms. The van der Waals surface area contributed by atoms with Gasteiger partial charge < -0.3 is 24.8 Å². The number of carbonyl (C=O) groups is 1. The first-order valence-electron chi connectivity index (χ1n) is 11.4. The third-order valence-corrected chi connectivity index (χ3v) is 6.63. The number of ether oxygens (including phenoxy) is 3. The van der Waals surface area contributed by atoms with E-state index in [4.69, 9.17) is 14.2 Å². The topological polar surface area (TPSA) is 68.8 Å². The second-order valence-electron chi connectivity index (χ2n) is 8.52. The molecule has 1 heterocycles. The van der Waals surface area contributed by atoms with Crippen LogP contribution in [0.5, 0.6) is 17.2 Å². The average molecular weight is 457 g/mol. The van der Waals surface area contributed by atoms with E-state index in [0.717, 1.165) is 39.5 Å². The molecule has 1 aliphatic carbocycles. The number of fused-ring (bicyclic) bond motifs is 1. The van der Waals surface area contributed by atoms with E-state index < -0.39 is 0 Å². The molecule has 3 aromatic rings. The molecule has 0 radical (unpaired) electrons. The van der Waals surface area contributed by atoms with Gasteiger partial charge in [0.2, 0.25) is 0 Å². The Kier molecular flexibility index (Phi) is 5.88. The van der Waals surface area contributed by atoms with Crippen LogP contribution in [0.2, 0.25) is 0 Å². The lowest BCUT2D eigenvalue weighted by atomic mass is 9.78. The van der Waals surface area contributed by atoms with Gasteiger partial charge in [0.25, 0.3) is 0 Å². The average Bonchev–Trinajstić information content (AvgIpc) is 3.05. The number of para-hydroxylation sites is 3. The number of allylic oxidation sites excluding steroid dienone is 1. The summed E-state index contributed by atoms with van der Waals surface area (Å²) >= 11 is 0. The molecule has 3 aromatic carbocycles. The summed E-state index contributed by atoms with van der Waals surface area (Å²) in [6.07, 6.45) is 1.13. The van der Waals surface area contributed by atoms with Crippen molar-refractivity contribution in [3.8, 4) is 17.2 Å². The van der Waals surface area contributed by atoms with Gasteiger partial charge in [-0.1, -0.05) is 36.4 Å². The lowest BCUT2D eigenvalue weighted by Crippen LogP contribution is -2.27. The third-order valence-electron chi connectivity index (χ3n) is 6.63. The number of anilines is 2. The molecule has 0 fully saturated rings. The van der Waals surface area contributed by atoms with Crippen LogP contribution in [0.4, 0.5) is 11.4 Å². The fourth-order valence-electron chi connectivity index (χ4n) is 5.00. The maximum Gasteiger partial charge on any atom is 0.163 e. The molecule has 0 saturated carbocycles. The monoisotopic (exact) mass is 456 g/mol. The minimum Gasteiger partial charge on any atom is -0.496 e. The molecule has 2 aliphatic rings. The van der Waals surface area contributed by atoms with Crippen molar-refractivity contribution in [2.24, 2.45) is 0 Å². The number of Topliss-reactive ketones (excluding diaryl/α,β-unsaturated/α-hetero) is 1. The van der Waals surface area contributed by atoms with Crippen LogP contribution >= 0.6 is 0 Å². The molecule has 2 N–H and O–H groups in total. The fraction of sp³-hybridized carbons (Fsp3) is 0.250. The van der Waals surface area contributed by atoms with E-state index in [2.05, 4.69) is 16.7 Å². The lowest BCUT2D eigenvalue weighted by Gasteiger charge is -2.30. The normalized spacial score (nSPS) is 19.2. The van der Waals surface area contributed by atoms with Crippen molar-refractivity contribution in [2.75, 3.05) is 32.0 Å². The second-order valence-corrected chi connectivity index (χ2v) is 8.52. The van der Waals surface area contributed by atoms with Gasteiger partial charge in [0.1, 0.15) is 5.75 Å². The molecule has 0 bridgehead atoms. The summed E-state index contributed by atoms with van der Waals surface area (Å²) in [5.41, 5.74) is 5.58. The van der Waals surface area contributed by atoms with E-state index in [9.17, 15) is 4.79 Å². The lowest BCUT2D eigenvalue weighted by molar-refractivity contribution is -0.116. The Morgan fingerprint density at radius 3 is 2.24 bits per heavy atom. The molecule has 34 heavy (non-hydrogen) atoms. The minimum atomic E-state index is -0.322. The summed E-state index contributed by atoms with van der Waals surface area (Å²) in [6.45, 7) is 0. The Hall–Kier alpha value is -3.93. The van der Waals surface area contributed by atoms with Crippen molar-refractivity contribution in [3.63, 3.8) is 0 Å². The number of hydrogen-bond donors (Lipinski definition) is 2. The van der Waals surface area contributed by atoms with Crippen molar-refractivity contribution in [2.45, 2.75) is 24.8 Å². The zero-order chi connectivity index (χ0) is 23.7. The van der Waals surface area contributed by atoms with Crippen LogP contribution in [-0.4, -0.2) is 27.1 Å². The largest absolute Gasteiger partial charge is 0.496 e. The van der Waals surface area contributed by atoms with Crippen LogP contribution in [0.1, 0.15) is 35.9 Å². The quantitative estimate of drug-likeness (QED) is 0.514. The highest BCUT2D eigenvalue weighted by atomic mass is 16.5. The Morgan fingerprint density at radius 2 is 1.47 bits per heavy atom. The summed E-state index contributed by atoms with van der Waals surface area (Å²) in [6, 6.07) is 21.5. The summed E-state index contributed by atoms with van der Waals surface area (Å²) < 4.78 is 16.6. The predicted molar refractivity (Wildman–Crippen MR) is 133 cm³/mol. The van der Waals surface area contributed by atoms with E-state index in [-0.39, 0.29) is 17.7 Å². The van der Waals surface area contributed by atoms with Crippen LogP contribution in [0.25, 0.3) is 0 Å². The molecule has 0 spiro atoms. The zero-order valence-electron chi connectivity index (χ0n) is 19.6. The number of ketones is 1. The van der Waals surface area contributed by atoms with Gasteiger partial charge in [0.05, 0.1) is 38.7 Å². The van der Waals surface area contributed by atoms with Crippen molar-refractivity contribution in [1.29, 1.82) is 0 Å². The molecular weight excluding hydrogens is 428 g/mol. The summed E-state index contributed by atoms with van der Waals surface area (Å²) in [5, 5.41) is 7.19. The smallest absolute Gasteiger partial charge is 0.163 e. The van der Waals surface area contributed by atoms with E-state index in [1.165, 1.54) is 0 Å². The molecule has 2 atom stereocenters. The molecule has 6 nitrogen and oxygen atoms in total. The Morgan fingerprint density at radius 1 is 0.765 bits per heavy atom. The minimum absolute atomic E-state index is 0.0335. The molecule has 174 valence electrons. The number of nitrogens with one attached hydrogen (secondary N) is 2. The first kappa shape index (κ1) is 21.9. The van der Waals surface area contributed by atoms with Crippen molar-refractivity contribution in [3.05, 3.63) is 89.1 Å². The van der Waals surface area contributed by atoms with Gasteiger partial charge in [-0.25, -0.2) is 0 Å². The van der Waals surface area contributed by atoms with Gasteiger partial charge in [-0.3, -0.25) is 4.79 Å². The molecule has 0 amide bonds. The van der Waals surface area contributed by atoms with Crippen LogP contribution in [0.15, 0.2) is 78.0 Å². The number of methoxy groups -OCH3 is 3. The maximum absolute atomic E-state index is 13.7. The van der Waals surface area contributed by atoms with Crippen LogP contribution in [-0.2, 0) is 4.79 Å². The SMILES string of the molecule is COc1ccc([C@@H]2Nc3ccccc3NC3=C2C(=O)C[C@H](c2ccccc2OC)C3)cc1OC. The molecular formula is C28H28N2O4. The molecule has 5 rings (SSSR count). The van der Waals surface area contributed by atoms with E-state index >= 15 is 0 Å². The van der Waals surface area contributed by atoms with Crippen molar-refractivity contribution >= 4 is 17.2 Å². The molecule has 0 saturated heterocycles. The summed E-state index contributed by atoms with van der Waals surface area (Å²) in [7, 11) is 4.91. The van der Waals surface area contributed by atoms with Crippen molar-refractivity contribution < 1.29 is 19.0 Å². The second kappa shape index (κ2) is 9.14. The van der Waals surface area contributed by atoms with Gasteiger partial charge >= 0.3 is 0 Å². The molecule has 1 aliphatic heterocycles. The maximum atomic E-state index is 13.7. The van der Waals surface area contributed by atoms with Crippen molar-refractivity contribution in [1.82, 2.24) is 0 Å². The third kappa shape index (κ3) is 3.85. The van der Waals surface area contributed by atoms with Crippen LogP contribution < -0.4 is 24.8 Å². The Labute approximate surface area is 199 Å². The highest BCUT2D eigenvalue weighted by Crippen LogP contribution is 2.46.